The van der Waals surface area contributed by atoms with Gasteiger partial charge in [-0.2, -0.15) is 0 Å². The molecule has 2 saturated heterocycles. The molecule has 4 atom stereocenters. The fourth-order valence-electron chi connectivity index (χ4n) is 2.75. The number of ether oxygens (including phenoxy) is 2. The molecular formula is C15H20N2O7. The van der Waals surface area contributed by atoms with Gasteiger partial charge in [-0.1, -0.05) is 6.07 Å². The quantitative estimate of drug-likeness (QED) is 0.574. The zero-order valence-electron chi connectivity index (χ0n) is 12.9. The summed E-state index contributed by atoms with van der Waals surface area (Å²) in [6.07, 6.45) is 0.594. The number of nitrogens with one attached hydrogen (secondary N) is 1. The molecule has 0 spiro atoms. The second-order valence-corrected chi connectivity index (χ2v) is 5.42. The maximum atomic E-state index is 12.0. The van der Waals surface area contributed by atoms with Crippen molar-refractivity contribution in [3.05, 3.63) is 34.7 Å². The normalized spacial score (nSPS) is 27.7. The molecular weight excluding hydrogens is 320 g/mol. The average molecular weight is 340 g/mol. The van der Waals surface area contributed by atoms with Gasteiger partial charge in [0.1, 0.15) is 18.3 Å². The molecule has 0 unspecified atom stereocenters. The Kier molecular flexibility index (Phi) is 6.47. The number of aliphatic hydroxyl groups is 1. The van der Waals surface area contributed by atoms with Gasteiger partial charge in [-0.25, -0.2) is 0 Å². The Morgan fingerprint density at radius 2 is 2.04 bits per heavy atom. The molecule has 3 rings (SSSR count). The number of aryl methyl sites for hydroxylation is 1. The number of carbonyl (C=O) groups excluding carboxylic acids is 1. The summed E-state index contributed by atoms with van der Waals surface area (Å²) in [6.45, 7) is 0.654. The van der Waals surface area contributed by atoms with Crippen LogP contribution in [-0.4, -0.2) is 64.7 Å². The Morgan fingerprint density at radius 1 is 1.33 bits per heavy atom. The summed E-state index contributed by atoms with van der Waals surface area (Å²) in [5, 5.41) is 19.4. The number of pyridine rings is 1. The SMILES string of the molecule is O=C(CCn1ccccc1=O)N[C@@H]1CO[C@H]2[C@@H]1OC[C@H]2O.O=CO. The van der Waals surface area contributed by atoms with Gasteiger partial charge in [0.15, 0.2) is 0 Å². The second kappa shape index (κ2) is 8.57. The van der Waals surface area contributed by atoms with Crippen LogP contribution in [-0.2, 0) is 25.6 Å². The van der Waals surface area contributed by atoms with E-state index in [0.717, 1.165) is 0 Å². The Labute approximate surface area is 137 Å². The third kappa shape index (κ3) is 4.40. The standard InChI is InChI=1S/C14H18N2O5.CH2O2/c17-10-8-21-13-9(7-20-14(10)13)15-11(18)4-6-16-5-2-1-3-12(16)19;2-1-3/h1-3,5,9-10,13-14,17H,4,6-8H2,(H,15,18);1H,(H,2,3)/t9-,10-,13-,14-;/m1./s1. The Morgan fingerprint density at radius 3 is 2.75 bits per heavy atom. The minimum Gasteiger partial charge on any atom is -0.483 e. The van der Waals surface area contributed by atoms with Crippen LogP contribution in [0.3, 0.4) is 0 Å². The van der Waals surface area contributed by atoms with E-state index in [9.17, 15) is 14.7 Å². The summed E-state index contributed by atoms with van der Waals surface area (Å²) in [4.78, 5) is 31.8. The number of carboxylic acid groups (broad SMARTS) is 1. The van der Waals surface area contributed by atoms with Crippen molar-refractivity contribution in [2.75, 3.05) is 13.2 Å². The maximum absolute atomic E-state index is 12.0. The highest BCUT2D eigenvalue weighted by molar-refractivity contribution is 5.76. The number of nitrogens with zero attached hydrogens (tertiary/aromatic N) is 1. The van der Waals surface area contributed by atoms with E-state index in [2.05, 4.69) is 5.32 Å². The molecule has 0 radical (unpaired) electrons. The molecule has 0 aromatic carbocycles. The molecule has 3 N–H and O–H groups in total. The van der Waals surface area contributed by atoms with Crippen molar-refractivity contribution in [2.24, 2.45) is 0 Å². The number of aromatic nitrogens is 1. The van der Waals surface area contributed by atoms with Crippen LogP contribution in [0.1, 0.15) is 6.42 Å². The van der Waals surface area contributed by atoms with Gasteiger partial charge >= 0.3 is 0 Å². The largest absolute Gasteiger partial charge is 0.483 e. The summed E-state index contributed by atoms with van der Waals surface area (Å²) in [7, 11) is 0. The van der Waals surface area contributed by atoms with Crippen LogP contribution >= 0.6 is 0 Å². The molecule has 2 aliphatic heterocycles. The Bertz CT molecular complexity index is 618. The molecule has 2 fully saturated rings. The van der Waals surface area contributed by atoms with Crippen LogP contribution in [0.2, 0.25) is 0 Å². The molecule has 1 aromatic rings. The summed E-state index contributed by atoms with van der Waals surface area (Å²) in [6, 6.07) is 4.63. The van der Waals surface area contributed by atoms with Gasteiger partial charge in [0, 0.05) is 25.2 Å². The Balaban J connectivity index is 0.000000647. The van der Waals surface area contributed by atoms with Gasteiger partial charge in [0.2, 0.25) is 5.91 Å². The predicted octanol–water partition coefficient (Wildman–Crippen LogP) is -1.42. The highest BCUT2D eigenvalue weighted by Gasteiger charge is 2.47. The first-order chi connectivity index (χ1) is 11.6. The topological polar surface area (TPSA) is 127 Å². The Hall–Kier alpha value is -2.23. The number of amides is 1. The van der Waals surface area contributed by atoms with Gasteiger partial charge in [-0.3, -0.25) is 14.4 Å². The lowest BCUT2D eigenvalue weighted by molar-refractivity contribution is -0.123. The first-order valence-electron chi connectivity index (χ1n) is 7.50. The van der Waals surface area contributed by atoms with Gasteiger partial charge < -0.3 is 29.6 Å². The van der Waals surface area contributed by atoms with E-state index < -0.39 is 6.10 Å². The second-order valence-electron chi connectivity index (χ2n) is 5.42. The van der Waals surface area contributed by atoms with Crippen LogP contribution in [0.5, 0.6) is 0 Å². The summed E-state index contributed by atoms with van der Waals surface area (Å²) in [5.41, 5.74) is -0.128. The lowest BCUT2D eigenvalue weighted by Gasteiger charge is -2.17. The lowest BCUT2D eigenvalue weighted by Crippen LogP contribution is -2.44. The number of hydrogen-bond donors (Lipinski definition) is 3. The molecule has 2 aliphatic rings. The van der Waals surface area contributed by atoms with Gasteiger partial charge in [0.05, 0.1) is 19.3 Å². The highest BCUT2D eigenvalue weighted by atomic mass is 16.6. The third-order valence-corrected chi connectivity index (χ3v) is 3.85. The van der Waals surface area contributed by atoms with Crippen molar-refractivity contribution in [1.82, 2.24) is 9.88 Å². The fourth-order valence-corrected chi connectivity index (χ4v) is 2.75. The number of aliphatic hydroxyl groups excluding tert-OH is 1. The number of rotatable bonds is 4. The molecule has 1 aromatic heterocycles. The van der Waals surface area contributed by atoms with Crippen molar-refractivity contribution >= 4 is 12.4 Å². The van der Waals surface area contributed by atoms with Gasteiger partial charge in [0.25, 0.3) is 12.0 Å². The highest BCUT2D eigenvalue weighted by Crippen LogP contribution is 2.26. The van der Waals surface area contributed by atoms with Crippen molar-refractivity contribution in [1.29, 1.82) is 0 Å². The van der Waals surface area contributed by atoms with E-state index in [1.807, 2.05) is 0 Å². The van der Waals surface area contributed by atoms with Crippen molar-refractivity contribution < 1.29 is 29.3 Å². The summed E-state index contributed by atoms with van der Waals surface area (Å²) >= 11 is 0. The van der Waals surface area contributed by atoms with E-state index in [1.165, 1.54) is 10.6 Å². The number of hydrogen-bond acceptors (Lipinski definition) is 6. The first kappa shape index (κ1) is 18.1. The van der Waals surface area contributed by atoms with E-state index in [-0.39, 0.29) is 49.2 Å². The van der Waals surface area contributed by atoms with Crippen LogP contribution < -0.4 is 10.9 Å². The smallest absolute Gasteiger partial charge is 0.290 e. The minimum absolute atomic E-state index is 0.128. The third-order valence-electron chi connectivity index (χ3n) is 3.85. The lowest BCUT2D eigenvalue weighted by atomic mass is 10.1. The molecule has 0 aliphatic carbocycles. The first-order valence-corrected chi connectivity index (χ1v) is 7.50. The van der Waals surface area contributed by atoms with Crippen LogP contribution in [0, 0.1) is 0 Å². The van der Waals surface area contributed by atoms with E-state index in [4.69, 9.17) is 19.4 Å². The molecule has 132 valence electrons. The van der Waals surface area contributed by atoms with E-state index >= 15 is 0 Å². The monoisotopic (exact) mass is 340 g/mol. The van der Waals surface area contributed by atoms with Crippen LogP contribution in [0.4, 0.5) is 0 Å². The molecule has 0 saturated carbocycles. The van der Waals surface area contributed by atoms with Crippen molar-refractivity contribution in [3.63, 3.8) is 0 Å². The summed E-state index contributed by atoms with van der Waals surface area (Å²) in [5.74, 6) is -0.162. The minimum atomic E-state index is -0.625. The van der Waals surface area contributed by atoms with Crippen LogP contribution in [0.15, 0.2) is 29.2 Å². The van der Waals surface area contributed by atoms with E-state index in [0.29, 0.717) is 13.2 Å². The van der Waals surface area contributed by atoms with Gasteiger partial charge in [-0.05, 0) is 6.07 Å². The van der Waals surface area contributed by atoms with E-state index in [1.54, 1.807) is 18.3 Å². The number of carbonyl (C=O) groups is 2. The zero-order valence-corrected chi connectivity index (χ0v) is 12.9. The predicted molar refractivity (Wildman–Crippen MR) is 81.4 cm³/mol. The average Bonchev–Trinajstić information content (AvgIpc) is 3.11. The zero-order chi connectivity index (χ0) is 17.5. The molecule has 3 heterocycles. The molecule has 1 amide bonds. The molecule has 9 nitrogen and oxygen atoms in total. The fraction of sp³-hybridized carbons (Fsp3) is 0.533. The molecule has 24 heavy (non-hydrogen) atoms. The molecule has 9 heteroatoms. The van der Waals surface area contributed by atoms with Gasteiger partial charge in [-0.15, -0.1) is 0 Å². The maximum Gasteiger partial charge on any atom is 0.290 e. The van der Waals surface area contributed by atoms with Crippen molar-refractivity contribution in [3.8, 4) is 0 Å². The molecule has 0 bridgehead atoms. The van der Waals surface area contributed by atoms with Crippen molar-refractivity contribution in [2.45, 2.75) is 37.3 Å². The number of fused-ring (bicyclic) bond motifs is 1. The van der Waals surface area contributed by atoms with Crippen LogP contribution in [0.25, 0.3) is 0 Å². The summed E-state index contributed by atoms with van der Waals surface area (Å²) < 4.78 is 12.4.